The molecular weight excluding hydrogens is 395 g/mol. The predicted octanol–water partition coefficient (Wildman–Crippen LogP) is 4.67. The van der Waals surface area contributed by atoms with Crippen LogP contribution in [0, 0.1) is 11.2 Å². The van der Waals surface area contributed by atoms with Crippen molar-refractivity contribution in [2.24, 2.45) is 10.4 Å². The van der Waals surface area contributed by atoms with E-state index in [2.05, 4.69) is 20.6 Å². The van der Waals surface area contributed by atoms with Gasteiger partial charge in [0.15, 0.2) is 5.96 Å². The molecule has 1 aromatic carbocycles. The monoisotopic (exact) mass is 428 g/mol. The van der Waals surface area contributed by atoms with Crippen LogP contribution in [0.1, 0.15) is 44.6 Å². The Morgan fingerprint density at radius 3 is 2.55 bits per heavy atom. The molecule has 0 saturated heterocycles. The third-order valence-corrected chi connectivity index (χ3v) is 5.79. The van der Waals surface area contributed by atoms with E-state index in [9.17, 15) is 4.39 Å². The largest absolute Gasteiger partial charge is 0.439 e. The number of nitrogens with one attached hydrogen (secondary N) is 2. The summed E-state index contributed by atoms with van der Waals surface area (Å²) < 4.78 is 24.2. The SMILES string of the molecule is CCOCCC1(CNC(=NC)NCc2ccc(Oc3ccc(F)cc3)nc2)CCCC1. The number of nitrogens with zero attached hydrogens (tertiary/aromatic N) is 2. The maximum atomic E-state index is 13.0. The molecular formula is C24H33FN4O2. The fourth-order valence-electron chi connectivity index (χ4n) is 3.95. The molecule has 2 aromatic rings. The van der Waals surface area contributed by atoms with Crippen molar-refractivity contribution in [1.82, 2.24) is 15.6 Å². The summed E-state index contributed by atoms with van der Waals surface area (Å²) in [6.07, 6.45) is 7.91. The number of hydrogen-bond acceptors (Lipinski definition) is 4. The highest BCUT2D eigenvalue weighted by atomic mass is 19.1. The summed E-state index contributed by atoms with van der Waals surface area (Å²) in [4.78, 5) is 8.69. The van der Waals surface area contributed by atoms with E-state index in [1.165, 1.54) is 37.8 Å². The highest BCUT2D eigenvalue weighted by Gasteiger charge is 2.33. The Morgan fingerprint density at radius 2 is 1.90 bits per heavy atom. The average molecular weight is 429 g/mol. The summed E-state index contributed by atoms with van der Waals surface area (Å²) in [6.45, 7) is 5.15. The van der Waals surface area contributed by atoms with Crippen LogP contribution in [0.3, 0.4) is 0 Å². The first-order chi connectivity index (χ1) is 15.1. The molecule has 1 fully saturated rings. The number of guanidine groups is 1. The number of hydrogen-bond donors (Lipinski definition) is 2. The molecule has 168 valence electrons. The lowest BCUT2D eigenvalue weighted by Crippen LogP contribution is -2.43. The van der Waals surface area contributed by atoms with Crippen molar-refractivity contribution in [3.05, 3.63) is 54.0 Å². The van der Waals surface area contributed by atoms with Crippen molar-refractivity contribution in [3.8, 4) is 11.6 Å². The summed E-state index contributed by atoms with van der Waals surface area (Å²) in [5.41, 5.74) is 1.31. The molecule has 2 N–H and O–H groups in total. The maximum Gasteiger partial charge on any atom is 0.219 e. The van der Waals surface area contributed by atoms with Gasteiger partial charge in [0.1, 0.15) is 11.6 Å². The summed E-state index contributed by atoms with van der Waals surface area (Å²) in [6, 6.07) is 9.63. The number of aliphatic imine (C=N–C) groups is 1. The Morgan fingerprint density at radius 1 is 1.13 bits per heavy atom. The summed E-state index contributed by atoms with van der Waals surface area (Å²) >= 11 is 0. The molecule has 7 heteroatoms. The van der Waals surface area contributed by atoms with Gasteiger partial charge in [-0.2, -0.15) is 0 Å². The zero-order chi connectivity index (χ0) is 21.9. The Labute approximate surface area is 184 Å². The van der Waals surface area contributed by atoms with Crippen LogP contribution in [0.4, 0.5) is 4.39 Å². The minimum Gasteiger partial charge on any atom is -0.439 e. The highest BCUT2D eigenvalue weighted by Crippen LogP contribution is 2.40. The molecule has 0 unspecified atom stereocenters. The topological polar surface area (TPSA) is 67.8 Å². The molecule has 0 atom stereocenters. The van der Waals surface area contributed by atoms with Gasteiger partial charge in [-0.15, -0.1) is 0 Å². The van der Waals surface area contributed by atoms with E-state index in [0.29, 0.717) is 23.6 Å². The second-order valence-electron chi connectivity index (χ2n) is 7.99. The van der Waals surface area contributed by atoms with Crippen molar-refractivity contribution in [2.75, 3.05) is 26.8 Å². The van der Waals surface area contributed by atoms with Gasteiger partial charge in [0.05, 0.1) is 0 Å². The Balaban J connectivity index is 1.47. The van der Waals surface area contributed by atoms with Crippen molar-refractivity contribution >= 4 is 5.96 Å². The number of halogens is 1. The summed E-state index contributed by atoms with van der Waals surface area (Å²) in [7, 11) is 1.79. The Kier molecular flexibility index (Phi) is 8.64. The molecule has 0 radical (unpaired) electrons. The number of aromatic nitrogens is 1. The zero-order valence-corrected chi connectivity index (χ0v) is 18.5. The molecule has 1 aliphatic carbocycles. The number of benzene rings is 1. The van der Waals surface area contributed by atoms with E-state index in [1.54, 1.807) is 31.4 Å². The van der Waals surface area contributed by atoms with Gasteiger partial charge in [-0.05, 0) is 61.4 Å². The number of ether oxygens (including phenoxy) is 2. The lowest BCUT2D eigenvalue weighted by molar-refractivity contribution is 0.105. The molecule has 3 rings (SSSR count). The minimum atomic E-state index is -0.295. The van der Waals surface area contributed by atoms with E-state index >= 15 is 0 Å². The van der Waals surface area contributed by atoms with Gasteiger partial charge in [0, 0.05) is 45.6 Å². The molecule has 1 heterocycles. The Hall–Kier alpha value is -2.67. The molecule has 0 spiro atoms. The minimum absolute atomic E-state index is 0.295. The van der Waals surface area contributed by atoms with Crippen LogP contribution in [0.5, 0.6) is 11.6 Å². The van der Waals surface area contributed by atoms with E-state index < -0.39 is 0 Å². The van der Waals surface area contributed by atoms with Crippen LogP contribution >= 0.6 is 0 Å². The van der Waals surface area contributed by atoms with Crippen LogP contribution in [-0.2, 0) is 11.3 Å². The zero-order valence-electron chi connectivity index (χ0n) is 18.5. The first-order valence-corrected chi connectivity index (χ1v) is 11.0. The molecule has 0 bridgehead atoms. The van der Waals surface area contributed by atoms with Gasteiger partial charge >= 0.3 is 0 Å². The van der Waals surface area contributed by atoms with Crippen LogP contribution in [0.15, 0.2) is 47.6 Å². The van der Waals surface area contributed by atoms with Crippen molar-refractivity contribution < 1.29 is 13.9 Å². The van der Waals surface area contributed by atoms with Gasteiger partial charge in [-0.1, -0.05) is 18.9 Å². The second kappa shape index (κ2) is 11.6. The standard InChI is InChI=1S/C24H33FN4O2/c1-3-30-15-14-24(12-4-5-13-24)18-29-23(26-2)28-17-19-6-11-22(27-16-19)31-21-9-7-20(25)8-10-21/h6-11,16H,3-5,12-15,17-18H2,1-2H3,(H2,26,28,29). The fraction of sp³-hybridized carbons (Fsp3) is 0.500. The second-order valence-corrected chi connectivity index (χ2v) is 7.99. The van der Waals surface area contributed by atoms with E-state index in [4.69, 9.17) is 9.47 Å². The smallest absolute Gasteiger partial charge is 0.219 e. The van der Waals surface area contributed by atoms with Crippen LogP contribution < -0.4 is 15.4 Å². The third kappa shape index (κ3) is 7.21. The van der Waals surface area contributed by atoms with Gasteiger partial charge < -0.3 is 20.1 Å². The molecule has 1 aliphatic rings. The molecule has 1 aromatic heterocycles. The van der Waals surface area contributed by atoms with Crippen molar-refractivity contribution in [2.45, 2.75) is 45.6 Å². The van der Waals surface area contributed by atoms with Crippen LogP contribution in [0.2, 0.25) is 0 Å². The molecule has 0 aliphatic heterocycles. The van der Waals surface area contributed by atoms with E-state index in [1.807, 2.05) is 13.0 Å². The Bertz CT molecular complexity index is 818. The van der Waals surface area contributed by atoms with Gasteiger partial charge in [0.25, 0.3) is 0 Å². The van der Waals surface area contributed by atoms with Gasteiger partial charge in [0.2, 0.25) is 5.88 Å². The average Bonchev–Trinajstić information content (AvgIpc) is 3.26. The third-order valence-electron chi connectivity index (χ3n) is 5.79. The number of pyridine rings is 1. The molecule has 31 heavy (non-hydrogen) atoms. The van der Waals surface area contributed by atoms with Crippen LogP contribution in [-0.4, -0.2) is 37.7 Å². The fourth-order valence-corrected chi connectivity index (χ4v) is 3.95. The summed E-state index contributed by atoms with van der Waals surface area (Å²) in [5.74, 6) is 1.51. The molecule has 1 saturated carbocycles. The van der Waals surface area contributed by atoms with Crippen molar-refractivity contribution in [3.63, 3.8) is 0 Å². The first-order valence-electron chi connectivity index (χ1n) is 11.0. The quantitative estimate of drug-likeness (QED) is 0.327. The lowest BCUT2D eigenvalue weighted by Gasteiger charge is -2.30. The number of rotatable bonds is 10. The van der Waals surface area contributed by atoms with Crippen LogP contribution in [0.25, 0.3) is 0 Å². The highest BCUT2D eigenvalue weighted by molar-refractivity contribution is 5.79. The lowest BCUT2D eigenvalue weighted by atomic mass is 9.83. The summed E-state index contributed by atoms with van der Waals surface area (Å²) in [5, 5.41) is 6.86. The van der Waals surface area contributed by atoms with Gasteiger partial charge in [-0.25, -0.2) is 9.37 Å². The maximum absolute atomic E-state index is 13.0. The van der Waals surface area contributed by atoms with Gasteiger partial charge in [-0.3, -0.25) is 4.99 Å². The molecule has 6 nitrogen and oxygen atoms in total. The van der Waals surface area contributed by atoms with E-state index in [0.717, 1.165) is 37.7 Å². The first kappa shape index (κ1) is 23.0. The van der Waals surface area contributed by atoms with Crippen molar-refractivity contribution in [1.29, 1.82) is 0 Å². The normalized spacial score (nSPS) is 15.6. The van der Waals surface area contributed by atoms with E-state index in [-0.39, 0.29) is 5.82 Å². The molecule has 0 amide bonds. The predicted molar refractivity (Wildman–Crippen MR) is 121 cm³/mol.